The van der Waals surface area contributed by atoms with Gasteiger partial charge in [-0.25, -0.2) is 4.57 Å². The SMILES string of the molecule is Cc1ccc2c(oc3ccccc32)c1-c1cc(-c2ccc3c(c2)[Si]2(CCCCC2)c2ccccc2C32CCCCC2)cc[n+]1C. The molecule has 4 heterocycles. The van der Waals surface area contributed by atoms with Crippen molar-refractivity contribution in [3.8, 4) is 22.4 Å². The van der Waals surface area contributed by atoms with Crippen molar-refractivity contribution in [2.24, 2.45) is 7.05 Å². The molecule has 2 aromatic heterocycles. The molecule has 0 N–H and O–H groups in total. The van der Waals surface area contributed by atoms with Gasteiger partial charge in [0.1, 0.15) is 26.3 Å². The third-order valence-corrected chi connectivity index (χ3v) is 17.2. The van der Waals surface area contributed by atoms with Gasteiger partial charge in [-0.2, -0.15) is 0 Å². The summed E-state index contributed by atoms with van der Waals surface area (Å²) in [6.45, 7) is 2.22. The van der Waals surface area contributed by atoms with Crippen LogP contribution in [-0.4, -0.2) is 8.07 Å². The lowest BCUT2D eigenvalue weighted by molar-refractivity contribution is -0.660. The van der Waals surface area contributed by atoms with E-state index in [9.17, 15) is 0 Å². The first-order chi connectivity index (χ1) is 22.1. The van der Waals surface area contributed by atoms with Crippen molar-refractivity contribution in [2.75, 3.05) is 0 Å². The molecule has 4 aromatic carbocycles. The van der Waals surface area contributed by atoms with Gasteiger partial charge in [0.2, 0.25) is 5.69 Å². The van der Waals surface area contributed by atoms with Crippen LogP contribution in [0, 0.1) is 6.92 Å². The highest BCUT2D eigenvalue weighted by molar-refractivity contribution is 7.03. The van der Waals surface area contributed by atoms with Crippen molar-refractivity contribution in [1.29, 1.82) is 0 Å². The van der Waals surface area contributed by atoms with E-state index in [0.29, 0.717) is 0 Å². The van der Waals surface area contributed by atoms with E-state index in [1.54, 1.807) is 21.5 Å². The van der Waals surface area contributed by atoms with Crippen LogP contribution in [0.15, 0.2) is 102 Å². The molecule has 2 nitrogen and oxygen atoms in total. The maximum atomic E-state index is 6.56. The molecule has 1 aliphatic carbocycles. The molecular formula is C42H42NOSi+. The fraction of sp³-hybridized carbons (Fsp3) is 0.310. The van der Waals surface area contributed by atoms with Crippen LogP contribution in [-0.2, 0) is 12.5 Å². The first-order valence-electron chi connectivity index (χ1n) is 17.3. The van der Waals surface area contributed by atoms with Gasteiger partial charge in [-0.3, -0.25) is 0 Å². The van der Waals surface area contributed by atoms with Crippen LogP contribution in [0.3, 0.4) is 0 Å². The molecule has 2 spiro atoms. The normalized spacial score (nSPS) is 18.4. The Kier molecular flexibility index (Phi) is 6.25. The number of hydrogen-bond donors (Lipinski definition) is 0. The second kappa shape index (κ2) is 10.3. The largest absolute Gasteiger partial charge is 0.455 e. The summed E-state index contributed by atoms with van der Waals surface area (Å²) in [6.07, 6.45) is 13.1. The Balaban J connectivity index is 1.25. The summed E-state index contributed by atoms with van der Waals surface area (Å²) < 4.78 is 8.82. The minimum absolute atomic E-state index is 0.195. The molecule has 0 atom stereocenters. The van der Waals surface area contributed by atoms with Gasteiger partial charge in [-0.05, 0) is 70.9 Å². The zero-order valence-corrected chi connectivity index (χ0v) is 27.7. The van der Waals surface area contributed by atoms with Crippen molar-refractivity contribution in [2.45, 2.75) is 75.8 Å². The summed E-state index contributed by atoms with van der Waals surface area (Å²) in [4.78, 5) is 0. The fourth-order valence-corrected chi connectivity index (χ4v) is 15.6. The molecule has 45 heavy (non-hydrogen) atoms. The summed E-state index contributed by atoms with van der Waals surface area (Å²) in [6, 6.07) is 37.9. The average Bonchev–Trinajstić information content (AvgIpc) is 3.47. The predicted octanol–water partition coefficient (Wildman–Crippen LogP) is 9.36. The van der Waals surface area contributed by atoms with Crippen LogP contribution < -0.4 is 14.9 Å². The van der Waals surface area contributed by atoms with E-state index in [0.717, 1.165) is 11.2 Å². The van der Waals surface area contributed by atoms with Gasteiger partial charge < -0.3 is 4.42 Å². The molecule has 9 rings (SSSR count). The second-order valence-corrected chi connectivity index (χ2v) is 18.5. The second-order valence-electron chi connectivity index (χ2n) is 14.2. The number of fused-ring (bicyclic) bond motifs is 9. The van der Waals surface area contributed by atoms with Crippen molar-refractivity contribution >= 4 is 40.4 Å². The average molecular weight is 605 g/mol. The molecule has 6 aromatic rings. The van der Waals surface area contributed by atoms with Gasteiger partial charge in [0.05, 0.1) is 5.56 Å². The Morgan fingerprint density at radius 1 is 0.667 bits per heavy atom. The third kappa shape index (κ3) is 3.96. The lowest BCUT2D eigenvalue weighted by Crippen LogP contribution is -2.67. The Morgan fingerprint density at radius 2 is 1.40 bits per heavy atom. The number of furan rings is 1. The summed E-state index contributed by atoms with van der Waals surface area (Å²) in [5, 5.41) is 5.92. The zero-order chi connectivity index (χ0) is 30.2. The predicted molar refractivity (Wildman–Crippen MR) is 189 cm³/mol. The molecule has 1 saturated heterocycles. The summed E-state index contributed by atoms with van der Waals surface area (Å²) in [5.74, 6) is 0. The van der Waals surface area contributed by atoms with Gasteiger partial charge in [0.25, 0.3) is 0 Å². The molecule has 0 bridgehead atoms. The molecule has 1 saturated carbocycles. The summed E-state index contributed by atoms with van der Waals surface area (Å²) >= 11 is 0. The van der Waals surface area contributed by atoms with Crippen LogP contribution in [0.2, 0.25) is 12.1 Å². The van der Waals surface area contributed by atoms with Crippen molar-refractivity contribution in [3.63, 3.8) is 0 Å². The lowest BCUT2D eigenvalue weighted by atomic mass is 9.65. The summed E-state index contributed by atoms with van der Waals surface area (Å²) in [7, 11) is 0.309. The monoisotopic (exact) mass is 604 g/mol. The van der Waals surface area contributed by atoms with Crippen molar-refractivity contribution < 1.29 is 8.98 Å². The third-order valence-electron chi connectivity index (χ3n) is 11.9. The topological polar surface area (TPSA) is 17.0 Å². The molecular weight excluding hydrogens is 563 g/mol. The first kappa shape index (κ1) is 27.4. The molecule has 0 radical (unpaired) electrons. The molecule has 2 fully saturated rings. The van der Waals surface area contributed by atoms with Gasteiger partial charge in [0.15, 0.2) is 6.20 Å². The maximum absolute atomic E-state index is 6.56. The van der Waals surface area contributed by atoms with Crippen LogP contribution >= 0.6 is 0 Å². The molecule has 3 heteroatoms. The van der Waals surface area contributed by atoms with E-state index in [1.165, 1.54) is 102 Å². The number of nitrogens with zero attached hydrogens (tertiary/aromatic N) is 1. The van der Waals surface area contributed by atoms with Crippen molar-refractivity contribution in [3.05, 3.63) is 114 Å². The quantitative estimate of drug-likeness (QED) is 0.142. The van der Waals surface area contributed by atoms with E-state index in [4.69, 9.17) is 4.42 Å². The summed E-state index contributed by atoms with van der Waals surface area (Å²) in [5.41, 5.74) is 11.8. The van der Waals surface area contributed by atoms with Gasteiger partial charge in [-0.15, -0.1) is 0 Å². The molecule has 224 valence electrons. The smallest absolute Gasteiger partial charge is 0.216 e. The number of aryl methyl sites for hydroxylation is 2. The van der Waals surface area contributed by atoms with E-state index in [-0.39, 0.29) is 5.41 Å². The Hall–Kier alpha value is -3.95. The van der Waals surface area contributed by atoms with Crippen molar-refractivity contribution in [1.82, 2.24) is 0 Å². The first-order valence-corrected chi connectivity index (χ1v) is 19.7. The minimum Gasteiger partial charge on any atom is -0.455 e. The van der Waals surface area contributed by atoms with E-state index in [2.05, 4.69) is 116 Å². The maximum Gasteiger partial charge on any atom is 0.216 e. The molecule has 0 amide bonds. The van der Waals surface area contributed by atoms with Gasteiger partial charge >= 0.3 is 0 Å². The minimum atomic E-state index is -1.86. The van der Waals surface area contributed by atoms with Crippen LogP contribution in [0.5, 0.6) is 0 Å². The van der Waals surface area contributed by atoms with Crippen LogP contribution in [0.25, 0.3) is 44.3 Å². The standard InChI is InChI=1S/C42H42NOSi/c1-29-17-19-33-32-13-5-7-15-37(32)44-41(33)40(29)36-27-31(21-24-43(36)2)30-18-20-35-39(28-30)45(25-11-4-12-26-45)38-16-8-6-14-34(38)42(35)22-9-3-10-23-42/h5-8,13-21,24,27-28H,3-4,9-12,22-23,25-26H2,1-2H3/q+1. The lowest BCUT2D eigenvalue weighted by Gasteiger charge is -2.51. The number of para-hydroxylation sites is 1. The molecule has 3 aliphatic rings. The number of hydrogen-bond acceptors (Lipinski definition) is 1. The van der Waals surface area contributed by atoms with Gasteiger partial charge in [0, 0.05) is 28.3 Å². The fourth-order valence-electron chi connectivity index (χ4n) is 9.74. The highest BCUT2D eigenvalue weighted by atomic mass is 28.3. The van der Waals surface area contributed by atoms with E-state index in [1.807, 2.05) is 0 Å². The zero-order valence-electron chi connectivity index (χ0n) is 26.7. The number of aromatic nitrogens is 1. The van der Waals surface area contributed by atoms with E-state index < -0.39 is 8.07 Å². The van der Waals surface area contributed by atoms with Gasteiger partial charge in [-0.1, -0.05) is 117 Å². The highest BCUT2D eigenvalue weighted by Gasteiger charge is 2.51. The van der Waals surface area contributed by atoms with Crippen LogP contribution in [0.1, 0.15) is 68.1 Å². The Morgan fingerprint density at radius 3 is 2.27 bits per heavy atom. The van der Waals surface area contributed by atoms with E-state index >= 15 is 0 Å². The highest BCUT2D eigenvalue weighted by Crippen LogP contribution is 2.49. The Labute approximate surface area is 267 Å². The number of benzene rings is 4. The molecule has 2 aliphatic heterocycles. The van der Waals surface area contributed by atoms with Crippen LogP contribution in [0.4, 0.5) is 0 Å². The number of pyridine rings is 1. The molecule has 0 unspecified atom stereocenters. The number of rotatable bonds is 2. The Bertz CT molecular complexity index is 2110.